The zero-order valence-corrected chi connectivity index (χ0v) is 28.2. The van der Waals surface area contributed by atoms with E-state index in [1.807, 2.05) is 4.90 Å². The average molecular weight is 777 g/mol. The van der Waals surface area contributed by atoms with Crippen LogP contribution >= 0.6 is 0 Å². The van der Waals surface area contributed by atoms with Crippen molar-refractivity contribution in [1.82, 2.24) is 15.0 Å². The smallest absolute Gasteiger partial charge is 0.504 e. The van der Waals surface area contributed by atoms with Gasteiger partial charge in [0.2, 0.25) is 17.7 Å². The molecule has 0 radical (unpaired) electrons. The van der Waals surface area contributed by atoms with Gasteiger partial charge in [0.15, 0.2) is 5.75 Å². The number of carboxylic acids is 1. The monoisotopic (exact) mass is 776 g/mol. The first kappa shape index (κ1) is 37.7. The van der Waals surface area contributed by atoms with Crippen LogP contribution in [0.3, 0.4) is 0 Å². The maximum atomic E-state index is 12.2. The van der Waals surface area contributed by atoms with E-state index in [-0.39, 0.29) is 40.2 Å². The molecule has 1 aliphatic rings. The van der Waals surface area contributed by atoms with Gasteiger partial charge in [0, 0.05) is 18.7 Å². The largest absolute Gasteiger partial charge is 1.00 e. The molecule has 19 nitrogen and oxygen atoms in total. The van der Waals surface area contributed by atoms with Crippen molar-refractivity contribution < 1.29 is 62.8 Å². The fraction of sp³-hybridized carbons (Fsp3) is 0.179. The summed E-state index contributed by atoms with van der Waals surface area (Å²) < 4.78 is 72.4. The number of carbonyl (C=O) groups is 1. The van der Waals surface area contributed by atoms with Gasteiger partial charge in [-0.3, -0.25) is 14.5 Å². The topological polar surface area (TPSA) is 279 Å². The summed E-state index contributed by atoms with van der Waals surface area (Å²) in [5, 5.41) is 35.5. The molecule has 22 heteroatoms. The summed E-state index contributed by atoms with van der Waals surface area (Å²) in [6, 6.07) is 12.4. The van der Waals surface area contributed by atoms with Crippen LogP contribution in [0.15, 0.2) is 85.8 Å². The number of phenolic OH excluding ortho intramolecular Hbond substituents is 1. The van der Waals surface area contributed by atoms with E-state index in [4.69, 9.17) is 4.74 Å². The van der Waals surface area contributed by atoms with Gasteiger partial charge in [0.25, 0.3) is 20.2 Å². The van der Waals surface area contributed by atoms with Crippen LogP contribution in [-0.4, -0.2) is 89.2 Å². The molecule has 1 fully saturated rings. The molecule has 5 rings (SSSR count). The summed E-state index contributed by atoms with van der Waals surface area (Å²) in [6.45, 7) is 3.56. The minimum atomic E-state index is -4.85. The Balaban J connectivity index is 0.00000562. The molecule has 0 amide bonds. The van der Waals surface area contributed by atoms with Crippen molar-refractivity contribution in [2.75, 3.05) is 41.9 Å². The third-order valence-electron chi connectivity index (χ3n) is 6.72. The van der Waals surface area contributed by atoms with Gasteiger partial charge in [-0.25, -0.2) is 4.79 Å². The van der Waals surface area contributed by atoms with Crippen molar-refractivity contribution >= 4 is 61.0 Å². The quantitative estimate of drug-likeness (QED) is 0.0256. The fourth-order valence-electron chi connectivity index (χ4n) is 4.37. The van der Waals surface area contributed by atoms with Gasteiger partial charge in [-0.15, -0.1) is 10.2 Å². The molecule has 50 heavy (non-hydrogen) atoms. The number of anilines is 4. The van der Waals surface area contributed by atoms with Gasteiger partial charge in [0.05, 0.1) is 39.9 Å². The molecule has 0 unspecified atom stereocenters. The number of nitrogens with zero attached hydrogens (tertiary/aromatic N) is 7. The second kappa shape index (κ2) is 15.6. The second-order valence-corrected chi connectivity index (χ2v) is 13.0. The van der Waals surface area contributed by atoms with Crippen LogP contribution in [0.5, 0.6) is 5.75 Å². The zero-order valence-electron chi connectivity index (χ0n) is 25.6. The molecule has 2 heterocycles. The SMILES string of the molecule is Cc1nc(Nc2cc(S(=O)(=O)O)cc(N=NC(=NNc3cc(S(=O)(=O)O)ccc3C(=O)O)c3ccccc3)c2O)nc(N2CCOCC2)n1.[Cu+]. The number of morpholine rings is 1. The number of rotatable bonds is 10. The molecule has 6 N–H and O–H groups in total. The maximum absolute atomic E-state index is 12.2. The Morgan fingerprint density at radius 1 is 0.900 bits per heavy atom. The zero-order chi connectivity index (χ0) is 35.3. The van der Waals surface area contributed by atoms with E-state index in [9.17, 15) is 40.9 Å². The van der Waals surface area contributed by atoms with Gasteiger partial charge >= 0.3 is 23.0 Å². The minimum Gasteiger partial charge on any atom is -0.504 e. The summed E-state index contributed by atoms with van der Waals surface area (Å²) in [7, 11) is -9.56. The number of hydrogen-bond donors (Lipinski definition) is 6. The number of phenols is 1. The average Bonchev–Trinajstić information content (AvgIpc) is 3.05. The van der Waals surface area contributed by atoms with Crippen molar-refractivity contribution in [1.29, 1.82) is 0 Å². The Bertz CT molecular complexity index is 2180. The van der Waals surface area contributed by atoms with Crippen LogP contribution in [0.4, 0.5) is 29.0 Å². The molecule has 0 saturated carbocycles. The molecule has 4 aromatic rings. The molecule has 1 aromatic heterocycles. The number of azo groups is 1. The number of nitrogens with one attached hydrogen (secondary N) is 2. The standard InChI is InChI=1S/C28H27N9O10S2.Cu/c1-16-29-27(32-28(30-16)37-9-11-47-12-10-37)31-22-14-19(49(44,45)46)15-23(24(22)38)34-36-25(17-5-3-2-4-6-17)35-33-21-13-18(48(41,42)43)7-8-20(21)26(39)40;/h2-8,13-15,33,38H,9-12H2,1H3,(H,39,40)(H,41,42,43)(H,44,45,46)(H,29,30,31,32);/q;+1. The maximum Gasteiger partial charge on any atom is 1.00 e. The number of aryl methyl sites for hydroxylation is 1. The molecule has 266 valence electrons. The minimum absolute atomic E-state index is 0. The van der Waals surface area contributed by atoms with Crippen LogP contribution in [0.1, 0.15) is 21.7 Å². The Labute approximate surface area is 295 Å². The van der Waals surface area contributed by atoms with E-state index in [0.29, 0.717) is 43.6 Å². The first-order chi connectivity index (χ1) is 23.2. The summed E-state index contributed by atoms with van der Waals surface area (Å²) in [5.74, 6) is -1.75. The Hall–Kier alpha value is -5.09. The predicted octanol–water partition coefficient (Wildman–Crippen LogP) is 3.21. The summed E-state index contributed by atoms with van der Waals surface area (Å²) in [6.07, 6.45) is 0. The van der Waals surface area contributed by atoms with Gasteiger partial charge in [-0.1, -0.05) is 30.3 Å². The van der Waals surface area contributed by atoms with Gasteiger partial charge < -0.3 is 25.2 Å². The molecule has 0 spiro atoms. The van der Waals surface area contributed by atoms with E-state index in [2.05, 4.69) is 41.0 Å². The summed E-state index contributed by atoms with van der Waals surface area (Å²) in [4.78, 5) is 25.2. The predicted molar refractivity (Wildman–Crippen MR) is 173 cm³/mol. The van der Waals surface area contributed by atoms with Crippen molar-refractivity contribution in [3.8, 4) is 5.75 Å². The number of aromatic hydroxyl groups is 1. The Morgan fingerprint density at radius 2 is 1.56 bits per heavy atom. The number of hydrogen-bond acceptors (Lipinski definition) is 15. The fourth-order valence-corrected chi connectivity index (χ4v) is 5.41. The summed E-state index contributed by atoms with van der Waals surface area (Å²) in [5.41, 5.74) is 1.23. The van der Waals surface area contributed by atoms with Gasteiger partial charge in [0.1, 0.15) is 11.5 Å². The molecule has 0 atom stereocenters. The molecular weight excluding hydrogens is 750 g/mol. The van der Waals surface area contributed by atoms with E-state index in [1.165, 1.54) is 0 Å². The van der Waals surface area contributed by atoms with Crippen LogP contribution in [0, 0.1) is 6.92 Å². The number of benzene rings is 3. The number of hydrazone groups is 1. The second-order valence-electron chi connectivity index (χ2n) is 10.1. The van der Waals surface area contributed by atoms with E-state index in [0.717, 1.165) is 30.3 Å². The molecule has 0 bridgehead atoms. The van der Waals surface area contributed by atoms with Crippen LogP contribution in [-0.2, 0) is 42.0 Å². The first-order valence-corrected chi connectivity index (χ1v) is 16.9. The van der Waals surface area contributed by atoms with Crippen molar-refractivity contribution in [2.45, 2.75) is 16.7 Å². The number of amidine groups is 1. The number of ether oxygens (including phenoxy) is 1. The number of carboxylic acid groups (broad SMARTS) is 1. The first-order valence-electron chi connectivity index (χ1n) is 14.0. The van der Waals surface area contributed by atoms with Crippen LogP contribution in [0.25, 0.3) is 0 Å². The Morgan fingerprint density at radius 3 is 2.20 bits per heavy atom. The van der Waals surface area contributed by atoms with Gasteiger partial charge in [-0.05, 0) is 37.3 Å². The van der Waals surface area contributed by atoms with Crippen LogP contribution < -0.4 is 15.6 Å². The Kier molecular flexibility index (Phi) is 11.8. The van der Waals surface area contributed by atoms with E-state index in [1.54, 1.807) is 37.3 Å². The van der Waals surface area contributed by atoms with E-state index >= 15 is 0 Å². The van der Waals surface area contributed by atoms with Gasteiger partial charge in [-0.2, -0.15) is 36.9 Å². The molecular formula is C28H27CuN9O10S2+. The van der Waals surface area contributed by atoms with E-state index < -0.39 is 53.0 Å². The van der Waals surface area contributed by atoms with Crippen molar-refractivity contribution in [2.24, 2.45) is 15.3 Å². The van der Waals surface area contributed by atoms with Crippen molar-refractivity contribution in [3.63, 3.8) is 0 Å². The van der Waals surface area contributed by atoms with Crippen molar-refractivity contribution in [3.05, 3.63) is 77.6 Å². The third-order valence-corrected chi connectivity index (χ3v) is 8.40. The third kappa shape index (κ3) is 9.32. The summed E-state index contributed by atoms with van der Waals surface area (Å²) >= 11 is 0. The number of aromatic nitrogens is 3. The van der Waals surface area contributed by atoms with Crippen LogP contribution in [0.2, 0.25) is 0 Å². The molecule has 1 saturated heterocycles. The molecule has 0 aliphatic carbocycles. The molecule has 3 aromatic carbocycles. The molecule has 1 aliphatic heterocycles. The normalized spacial score (nSPS) is 13.9. The number of aromatic carboxylic acids is 1.